The van der Waals surface area contributed by atoms with Crippen LogP contribution in [0.4, 0.5) is 8.78 Å². The molecule has 1 aliphatic rings. The van der Waals surface area contributed by atoms with Crippen LogP contribution in [0.1, 0.15) is 20.3 Å². The zero-order chi connectivity index (χ0) is 20.7. The number of sulfonamides is 1. The fourth-order valence-corrected chi connectivity index (χ4v) is 4.80. The summed E-state index contributed by atoms with van der Waals surface area (Å²) in [6.07, 6.45) is 0.544. The summed E-state index contributed by atoms with van der Waals surface area (Å²) in [7, 11) is -3.99. The molecule has 1 fully saturated rings. The molecule has 0 saturated carbocycles. The SMILES string of the molecule is CCN(CC)C(=O)CN1CCCN(S(=O)(=O)c2ccccc2OC(F)F)CC1. The van der Waals surface area contributed by atoms with Gasteiger partial charge < -0.3 is 9.64 Å². The smallest absolute Gasteiger partial charge is 0.387 e. The van der Waals surface area contributed by atoms with Crippen LogP contribution in [0.2, 0.25) is 0 Å². The first kappa shape index (κ1) is 22.5. The molecule has 0 unspecified atom stereocenters. The Kier molecular flexibility index (Phi) is 8.14. The van der Waals surface area contributed by atoms with Gasteiger partial charge in [-0.1, -0.05) is 12.1 Å². The third-order valence-electron chi connectivity index (χ3n) is 4.71. The van der Waals surface area contributed by atoms with Crippen LogP contribution < -0.4 is 4.74 Å². The van der Waals surface area contributed by atoms with E-state index in [2.05, 4.69) is 4.74 Å². The number of halogens is 2. The first-order valence-corrected chi connectivity index (χ1v) is 10.8. The maximum Gasteiger partial charge on any atom is 0.387 e. The molecule has 2 rings (SSSR count). The van der Waals surface area contributed by atoms with E-state index in [4.69, 9.17) is 0 Å². The van der Waals surface area contributed by atoms with Crippen LogP contribution in [0.5, 0.6) is 5.75 Å². The van der Waals surface area contributed by atoms with E-state index in [1.54, 1.807) is 4.90 Å². The van der Waals surface area contributed by atoms with E-state index >= 15 is 0 Å². The minimum atomic E-state index is -3.99. The fraction of sp³-hybridized carbons (Fsp3) is 0.611. The topological polar surface area (TPSA) is 70.2 Å². The molecule has 0 atom stereocenters. The zero-order valence-corrected chi connectivity index (χ0v) is 17.0. The van der Waals surface area contributed by atoms with Gasteiger partial charge in [-0.2, -0.15) is 13.1 Å². The second kappa shape index (κ2) is 10.1. The molecular weight excluding hydrogens is 392 g/mol. The minimum absolute atomic E-state index is 0.0111. The van der Waals surface area contributed by atoms with E-state index in [9.17, 15) is 22.0 Å². The number of hydrogen-bond donors (Lipinski definition) is 0. The molecular formula is C18H27F2N3O4S. The molecule has 28 heavy (non-hydrogen) atoms. The summed E-state index contributed by atoms with van der Waals surface area (Å²) in [6.45, 7) is 3.63. The lowest BCUT2D eigenvalue weighted by Crippen LogP contribution is -2.42. The van der Waals surface area contributed by atoms with Gasteiger partial charge >= 0.3 is 6.61 Å². The van der Waals surface area contributed by atoms with Gasteiger partial charge in [0, 0.05) is 32.7 Å². The maximum atomic E-state index is 13.0. The van der Waals surface area contributed by atoms with Crippen LogP contribution >= 0.6 is 0 Å². The van der Waals surface area contributed by atoms with E-state index in [-0.39, 0.29) is 36.2 Å². The van der Waals surface area contributed by atoms with Crippen molar-refractivity contribution in [3.63, 3.8) is 0 Å². The third kappa shape index (κ3) is 5.62. The van der Waals surface area contributed by atoms with Gasteiger partial charge in [0.1, 0.15) is 10.6 Å². The number of hydrogen-bond acceptors (Lipinski definition) is 5. The number of carbonyl (C=O) groups excluding carboxylic acids is 1. The van der Waals surface area contributed by atoms with Gasteiger partial charge in [-0.15, -0.1) is 0 Å². The highest BCUT2D eigenvalue weighted by molar-refractivity contribution is 7.89. The predicted molar refractivity (Wildman–Crippen MR) is 101 cm³/mol. The van der Waals surface area contributed by atoms with Crippen molar-refractivity contribution in [3.8, 4) is 5.75 Å². The lowest BCUT2D eigenvalue weighted by Gasteiger charge is -2.25. The molecule has 10 heteroatoms. The van der Waals surface area contributed by atoms with Crippen molar-refractivity contribution in [1.82, 2.24) is 14.1 Å². The molecule has 1 saturated heterocycles. The first-order chi connectivity index (χ1) is 13.3. The maximum absolute atomic E-state index is 13.0. The average molecular weight is 419 g/mol. The van der Waals surface area contributed by atoms with Crippen molar-refractivity contribution in [1.29, 1.82) is 0 Å². The predicted octanol–water partition coefficient (Wildman–Crippen LogP) is 1.85. The highest BCUT2D eigenvalue weighted by Gasteiger charge is 2.30. The molecule has 0 spiro atoms. The molecule has 0 aliphatic carbocycles. The van der Waals surface area contributed by atoms with Crippen molar-refractivity contribution >= 4 is 15.9 Å². The average Bonchev–Trinajstić information content (AvgIpc) is 2.88. The van der Waals surface area contributed by atoms with E-state index < -0.39 is 16.6 Å². The number of likely N-dealkylation sites (N-methyl/N-ethyl adjacent to an activating group) is 1. The van der Waals surface area contributed by atoms with Gasteiger partial charge in [0.15, 0.2) is 0 Å². The Morgan fingerprint density at radius 3 is 2.46 bits per heavy atom. The summed E-state index contributed by atoms with van der Waals surface area (Å²) >= 11 is 0. The number of alkyl halides is 2. The van der Waals surface area contributed by atoms with Gasteiger partial charge in [-0.05, 0) is 38.9 Å². The summed E-state index contributed by atoms with van der Waals surface area (Å²) in [4.78, 5) is 15.7. The normalized spacial score (nSPS) is 16.8. The number of ether oxygens (including phenoxy) is 1. The van der Waals surface area contributed by atoms with Crippen LogP contribution in [-0.4, -0.2) is 80.9 Å². The summed E-state index contributed by atoms with van der Waals surface area (Å²) in [6, 6.07) is 5.39. The standard InChI is InChI=1S/C18H27F2N3O4S/c1-3-22(4-2)17(24)14-21-10-7-11-23(13-12-21)28(25,26)16-9-6-5-8-15(16)27-18(19)20/h5-6,8-9,18H,3-4,7,10-14H2,1-2H3. The Morgan fingerprint density at radius 2 is 1.82 bits per heavy atom. The first-order valence-electron chi connectivity index (χ1n) is 9.33. The second-order valence-corrected chi connectivity index (χ2v) is 8.33. The van der Waals surface area contributed by atoms with Crippen LogP contribution in [0.3, 0.4) is 0 Å². The lowest BCUT2D eigenvalue weighted by atomic mass is 10.3. The van der Waals surface area contributed by atoms with Crippen LogP contribution in [0, 0.1) is 0 Å². The fourth-order valence-electron chi connectivity index (χ4n) is 3.21. The van der Waals surface area contributed by atoms with Gasteiger partial charge in [-0.3, -0.25) is 9.69 Å². The summed E-state index contributed by atoms with van der Waals surface area (Å²) < 4.78 is 56.8. The summed E-state index contributed by atoms with van der Waals surface area (Å²) in [5, 5.41) is 0. The molecule has 1 aromatic rings. The molecule has 1 aliphatic heterocycles. The van der Waals surface area contributed by atoms with Crippen LogP contribution in [0.15, 0.2) is 29.2 Å². The number of rotatable bonds is 8. The number of benzene rings is 1. The highest BCUT2D eigenvalue weighted by Crippen LogP contribution is 2.28. The number of para-hydroxylation sites is 1. The van der Waals surface area contributed by atoms with Crippen molar-refractivity contribution in [2.45, 2.75) is 31.8 Å². The van der Waals surface area contributed by atoms with Gasteiger partial charge in [0.2, 0.25) is 15.9 Å². The highest BCUT2D eigenvalue weighted by atomic mass is 32.2. The largest absolute Gasteiger partial charge is 0.433 e. The molecule has 0 bridgehead atoms. The zero-order valence-electron chi connectivity index (χ0n) is 16.2. The van der Waals surface area contributed by atoms with Crippen molar-refractivity contribution in [2.24, 2.45) is 0 Å². The Hall–Kier alpha value is -1.78. The van der Waals surface area contributed by atoms with E-state index in [1.807, 2.05) is 18.7 Å². The number of nitrogens with zero attached hydrogens (tertiary/aromatic N) is 3. The van der Waals surface area contributed by atoms with E-state index in [0.717, 1.165) is 0 Å². The van der Waals surface area contributed by atoms with Gasteiger partial charge in [0.25, 0.3) is 0 Å². The molecule has 1 aromatic carbocycles. The van der Waals surface area contributed by atoms with Crippen molar-refractivity contribution < 1.29 is 26.7 Å². The van der Waals surface area contributed by atoms with Crippen molar-refractivity contribution in [2.75, 3.05) is 45.8 Å². The quantitative estimate of drug-likeness (QED) is 0.643. The molecule has 1 heterocycles. The Labute approximate surface area is 164 Å². The van der Waals surface area contributed by atoms with Crippen LogP contribution in [0.25, 0.3) is 0 Å². The Bertz CT molecular complexity index is 757. The molecule has 0 radical (unpaired) electrons. The molecule has 0 N–H and O–H groups in total. The molecule has 7 nitrogen and oxygen atoms in total. The number of amides is 1. The minimum Gasteiger partial charge on any atom is -0.433 e. The summed E-state index contributed by atoms with van der Waals surface area (Å²) in [5.41, 5.74) is 0. The Balaban J connectivity index is 2.10. The molecule has 158 valence electrons. The second-order valence-electron chi connectivity index (χ2n) is 6.43. The van der Waals surface area contributed by atoms with E-state index in [0.29, 0.717) is 32.6 Å². The monoisotopic (exact) mass is 419 g/mol. The van der Waals surface area contributed by atoms with Crippen molar-refractivity contribution in [3.05, 3.63) is 24.3 Å². The van der Waals surface area contributed by atoms with Gasteiger partial charge in [-0.25, -0.2) is 8.42 Å². The molecule has 0 aromatic heterocycles. The lowest BCUT2D eigenvalue weighted by molar-refractivity contribution is -0.132. The third-order valence-corrected chi connectivity index (χ3v) is 6.64. The molecule has 1 amide bonds. The summed E-state index contributed by atoms with van der Waals surface area (Å²) in [5.74, 6) is -0.354. The van der Waals surface area contributed by atoms with E-state index in [1.165, 1.54) is 28.6 Å². The van der Waals surface area contributed by atoms with Gasteiger partial charge in [0.05, 0.1) is 6.54 Å². The Morgan fingerprint density at radius 1 is 1.14 bits per heavy atom. The number of carbonyl (C=O) groups is 1. The van der Waals surface area contributed by atoms with Crippen LogP contribution in [-0.2, 0) is 14.8 Å².